The maximum atomic E-state index is 12.0. The first-order valence-corrected chi connectivity index (χ1v) is 6.97. The molecule has 0 saturated heterocycles. The molecule has 1 aromatic carbocycles. The number of fused-ring (bicyclic) bond motifs is 1. The highest BCUT2D eigenvalue weighted by Crippen LogP contribution is 2.33. The minimum atomic E-state index is -3.65. The average Bonchev–Trinajstić information content (AvgIpc) is 2.34. The zero-order chi connectivity index (χ0) is 12.1. The van der Waals surface area contributed by atoms with E-state index in [1.807, 2.05) is 0 Å². The van der Waals surface area contributed by atoms with Gasteiger partial charge in [0.05, 0.1) is 5.56 Å². The zero-order valence-corrected chi connectivity index (χ0v) is 11.2. The highest BCUT2D eigenvalue weighted by atomic mass is 79.9. The van der Waals surface area contributed by atoms with Gasteiger partial charge in [0.15, 0.2) is 0 Å². The zero-order valence-electron chi connectivity index (χ0n) is 8.77. The number of halogens is 1. The Labute approximate surface area is 102 Å². The summed E-state index contributed by atoms with van der Waals surface area (Å²) in [5.41, 5.74) is 0.239. The molecule has 1 amide bonds. The van der Waals surface area contributed by atoms with Gasteiger partial charge in [-0.05, 0) is 32.0 Å². The molecule has 0 spiro atoms. The standard InChI is InChI=1S/C10H10BrNO3S/c1-6(2)12-10(13)8-5-7(11)3-4-9(8)16(12,14)15/h3-6H,1-2H3. The maximum absolute atomic E-state index is 12.0. The normalized spacial score (nSPS) is 18.0. The second-order valence-electron chi connectivity index (χ2n) is 3.84. The van der Waals surface area contributed by atoms with Crippen LogP contribution >= 0.6 is 15.9 Å². The minimum absolute atomic E-state index is 0.0920. The van der Waals surface area contributed by atoms with Crippen molar-refractivity contribution in [3.8, 4) is 0 Å². The maximum Gasteiger partial charge on any atom is 0.269 e. The van der Waals surface area contributed by atoms with Crippen LogP contribution < -0.4 is 0 Å². The van der Waals surface area contributed by atoms with Gasteiger partial charge in [0.25, 0.3) is 15.9 Å². The van der Waals surface area contributed by atoms with Crippen LogP contribution in [0.4, 0.5) is 0 Å². The van der Waals surface area contributed by atoms with Crippen LogP contribution in [0.25, 0.3) is 0 Å². The Hall–Kier alpha value is -0.880. The van der Waals surface area contributed by atoms with Crippen molar-refractivity contribution >= 4 is 31.9 Å². The van der Waals surface area contributed by atoms with E-state index in [4.69, 9.17) is 0 Å². The topological polar surface area (TPSA) is 54.5 Å². The molecule has 0 unspecified atom stereocenters. The van der Waals surface area contributed by atoms with E-state index in [-0.39, 0.29) is 16.5 Å². The van der Waals surface area contributed by atoms with Gasteiger partial charge in [-0.2, -0.15) is 0 Å². The number of sulfonamides is 1. The van der Waals surface area contributed by atoms with Crippen LogP contribution in [-0.2, 0) is 10.0 Å². The van der Waals surface area contributed by atoms with Crippen LogP contribution in [0.1, 0.15) is 24.2 Å². The number of hydrogen-bond donors (Lipinski definition) is 0. The molecule has 0 N–H and O–H groups in total. The smallest absolute Gasteiger partial charge is 0.268 e. The van der Waals surface area contributed by atoms with E-state index in [0.29, 0.717) is 4.47 Å². The number of benzene rings is 1. The lowest BCUT2D eigenvalue weighted by atomic mass is 10.2. The van der Waals surface area contributed by atoms with Gasteiger partial charge in [-0.1, -0.05) is 15.9 Å². The lowest BCUT2D eigenvalue weighted by Crippen LogP contribution is -2.36. The first kappa shape index (κ1) is 11.6. The molecule has 0 atom stereocenters. The van der Waals surface area contributed by atoms with Crippen LogP contribution in [0.3, 0.4) is 0 Å². The quantitative estimate of drug-likeness (QED) is 0.797. The Balaban J connectivity index is 2.72. The fourth-order valence-corrected chi connectivity index (χ4v) is 3.85. The summed E-state index contributed by atoms with van der Waals surface area (Å²) in [6, 6.07) is 4.24. The molecule has 0 fully saturated rings. The van der Waals surface area contributed by atoms with Crippen molar-refractivity contribution in [2.24, 2.45) is 0 Å². The molecule has 0 bridgehead atoms. The van der Waals surface area contributed by atoms with Crippen LogP contribution in [0.2, 0.25) is 0 Å². The van der Waals surface area contributed by atoms with E-state index in [1.54, 1.807) is 19.9 Å². The van der Waals surface area contributed by atoms with Crippen molar-refractivity contribution < 1.29 is 13.2 Å². The van der Waals surface area contributed by atoms with E-state index >= 15 is 0 Å². The van der Waals surface area contributed by atoms with Gasteiger partial charge >= 0.3 is 0 Å². The number of carbonyl (C=O) groups is 1. The highest BCUT2D eigenvalue weighted by molar-refractivity contribution is 9.10. The predicted molar refractivity (Wildman–Crippen MR) is 62.6 cm³/mol. The van der Waals surface area contributed by atoms with Crippen molar-refractivity contribution in [3.05, 3.63) is 28.2 Å². The van der Waals surface area contributed by atoms with Gasteiger partial charge in [0, 0.05) is 10.5 Å². The third-order valence-corrected chi connectivity index (χ3v) is 4.89. The molecular weight excluding hydrogens is 294 g/mol. The molecule has 1 aromatic rings. The van der Waals surface area contributed by atoms with Crippen molar-refractivity contribution in [1.82, 2.24) is 4.31 Å². The average molecular weight is 304 g/mol. The van der Waals surface area contributed by atoms with Crippen LogP contribution in [0, 0.1) is 0 Å². The highest BCUT2D eigenvalue weighted by Gasteiger charge is 2.42. The number of carbonyl (C=O) groups excluding carboxylic acids is 1. The van der Waals surface area contributed by atoms with Crippen LogP contribution in [0.5, 0.6) is 0 Å². The van der Waals surface area contributed by atoms with Gasteiger partial charge in [-0.25, -0.2) is 12.7 Å². The second-order valence-corrected chi connectivity index (χ2v) is 6.54. The Bertz CT molecular complexity index is 565. The van der Waals surface area contributed by atoms with Crippen molar-refractivity contribution in [2.45, 2.75) is 24.8 Å². The Morgan fingerprint density at radius 1 is 1.31 bits per heavy atom. The molecule has 0 radical (unpaired) electrons. The summed E-state index contributed by atoms with van der Waals surface area (Å²) in [5.74, 6) is -0.452. The van der Waals surface area contributed by atoms with Crippen molar-refractivity contribution in [3.63, 3.8) is 0 Å². The lowest BCUT2D eigenvalue weighted by molar-refractivity contribution is 0.0846. The summed E-state index contributed by atoms with van der Waals surface area (Å²) in [6.45, 7) is 3.35. The van der Waals surface area contributed by atoms with E-state index in [9.17, 15) is 13.2 Å². The van der Waals surface area contributed by atoms with Crippen LogP contribution in [0.15, 0.2) is 27.6 Å². The summed E-state index contributed by atoms with van der Waals surface area (Å²) >= 11 is 3.22. The molecule has 1 aliphatic heterocycles. The Morgan fingerprint density at radius 2 is 1.94 bits per heavy atom. The molecule has 6 heteroatoms. The fourth-order valence-electron chi connectivity index (χ4n) is 1.74. The van der Waals surface area contributed by atoms with Crippen LogP contribution in [-0.4, -0.2) is 24.7 Å². The monoisotopic (exact) mass is 303 g/mol. The number of rotatable bonds is 1. The molecule has 2 rings (SSSR count). The SMILES string of the molecule is CC(C)N1C(=O)c2cc(Br)ccc2S1(=O)=O. The summed E-state index contributed by atoms with van der Waals surface area (Å²) in [7, 11) is -3.65. The third kappa shape index (κ3) is 1.48. The first-order chi connectivity index (χ1) is 7.35. The van der Waals surface area contributed by atoms with Gasteiger partial charge in [0.1, 0.15) is 4.90 Å². The molecule has 1 aliphatic rings. The Kier molecular flexibility index (Phi) is 2.58. The molecule has 1 heterocycles. The summed E-state index contributed by atoms with van der Waals surface area (Å²) in [6.07, 6.45) is 0. The second kappa shape index (κ2) is 3.56. The number of nitrogens with zero attached hydrogens (tertiary/aromatic N) is 1. The Morgan fingerprint density at radius 3 is 2.50 bits per heavy atom. The van der Waals surface area contributed by atoms with E-state index in [0.717, 1.165) is 4.31 Å². The number of amides is 1. The molecule has 4 nitrogen and oxygen atoms in total. The fraction of sp³-hybridized carbons (Fsp3) is 0.300. The molecule has 0 aromatic heterocycles. The molecular formula is C10H10BrNO3S. The third-order valence-electron chi connectivity index (χ3n) is 2.38. The van der Waals surface area contributed by atoms with Gasteiger partial charge in [-0.3, -0.25) is 4.79 Å². The first-order valence-electron chi connectivity index (χ1n) is 4.74. The molecule has 0 saturated carbocycles. The van der Waals surface area contributed by atoms with Crippen molar-refractivity contribution in [1.29, 1.82) is 0 Å². The largest absolute Gasteiger partial charge is 0.269 e. The summed E-state index contributed by atoms with van der Waals surface area (Å²) < 4.78 is 25.7. The predicted octanol–water partition coefficient (Wildman–Crippen LogP) is 2.00. The molecule has 16 heavy (non-hydrogen) atoms. The van der Waals surface area contributed by atoms with Gasteiger partial charge in [0.2, 0.25) is 0 Å². The minimum Gasteiger partial charge on any atom is -0.268 e. The van der Waals surface area contributed by atoms with Crippen molar-refractivity contribution in [2.75, 3.05) is 0 Å². The molecule has 86 valence electrons. The van der Waals surface area contributed by atoms with E-state index in [1.165, 1.54) is 12.1 Å². The summed E-state index contributed by atoms with van der Waals surface area (Å²) in [5, 5.41) is 0. The lowest BCUT2D eigenvalue weighted by Gasteiger charge is -2.18. The number of hydrogen-bond acceptors (Lipinski definition) is 3. The van der Waals surface area contributed by atoms with Gasteiger partial charge in [-0.15, -0.1) is 0 Å². The van der Waals surface area contributed by atoms with E-state index in [2.05, 4.69) is 15.9 Å². The summed E-state index contributed by atoms with van der Waals surface area (Å²) in [4.78, 5) is 12.0. The van der Waals surface area contributed by atoms with E-state index < -0.39 is 15.9 Å². The van der Waals surface area contributed by atoms with Gasteiger partial charge < -0.3 is 0 Å². The molecule has 0 aliphatic carbocycles.